The summed E-state index contributed by atoms with van der Waals surface area (Å²) < 4.78 is 11.6. The molecule has 1 aliphatic rings. The minimum atomic E-state index is -1.82. The van der Waals surface area contributed by atoms with Gasteiger partial charge in [-0.15, -0.1) is 0 Å². The van der Waals surface area contributed by atoms with Gasteiger partial charge in [0.15, 0.2) is 11.5 Å². The minimum absolute atomic E-state index is 0.454. The number of aliphatic carboxylic acids is 2. The minimum Gasteiger partial charge on any atom is -0.493 e. The summed E-state index contributed by atoms with van der Waals surface area (Å²) in [6.07, 6.45) is 9.77. The fourth-order valence-corrected chi connectivity index (χ4v) is 3.76. The van der Waals surface area contributed by atoms with Crippen molar-refractivity contribution in [2.75, 3.05) is 26.8 Å². The number of benzene rings is 1. The van der Waals surface area contributed by atoms with Crippen LogP contribution in [0.1, 0.15) is 49.8 Å². The molecule has 8 heteroatoms. The lowest BCUT2D eigenvalue weighted by molar-refractivity contribution is -0.159. The number of ether oxygens (including phenoxy) is 2. The molecule has 0 amide bonds. The molecule has 1 atom stereocenters. The zero-order valence-electron chi connectivity index (χ0n) is 18.7. The number of hydrogen-bond donors (Lipinski definition) is 2. The van der Waals surface area contributed by atoms with E-state index in [1.807, 2.05) is 24.5 Å². The van der Waals surface area contributed by atoms with Crippen LogP contribution in [0, 0.1) is 0 Å². The predicted molar refractivity (Wildman–Crippen MR) is 120 cm³/mol. The van der Waals surface area contributed by atoms with E-state index < -0.39 is 11.9 Å². The van der Waals surface area contributed by atoms with Gasteiger partial charge in [0.2, 0.25) is 0 Å². The largest absolute Gasteiger partial charge is 0.493 e. The molecular formula is C24H32N2O6. The average Bonchev–Trinajstić information content (AvgIpc) is 2.81. The highest BCUT2D eigenvalue weighted by Gasteiger charge is 2.23. The van der Waals surface area contributed by atoms with E-state index >= 15 is 0 Å². The lowest BCUT2D eigenvalue weighted by Crippen LogP contribution is -2.36. The monoisotopic (exact) mass is 444 g/mol. The Balaban J connectivity index is 0.000000534. The maximum Gasteiger partial charge on any atom is 0.414 e. The molecule has 2 heterocycles. The maximum atomic E-state index is 9.10. The second kappa shape index (κ2) is 13.3. The number of pyridine rings is 1. The Morgan fingerprint density at radius 1 is 1.16 bits per heavy atom. The number of likely N-dealkylation sites (tertiary alicyclic amines) is 1. The summed E-state index contributed by atoms with van der Waals surface area (Å²) >= 11 is 0. The molecule has 1 aliphatic heterocycles. The molecule has 1 fully saturated rings. The molecule has 2 aromatic rings. The second-order valence-electron chi connectivity index (χ2n) is 7.53. The summed E-state index contributed by atoms with van der Waals surface area (Å²) in [5.74, 6) is -1.98. The second-order valence-corrected chi connectivity index (χ2v) is 7.53. The number of nitrogens with zero attached hydrogens (tertiary/aromatic N) is 2. The highest BCUT2D eigenvalue weighted by atomic mass is 16.5. The van der Waals surface area contributed by atoms with Gasteiger partial charge >= 0.3 is 11.9 Å². The fourth-order valence-electron chi connectivity index (χ4n) is 3.76. The Morgan fingerprint density at radius 2 is 1.94 bits per heavy atom. The molecule has 32 heavy (non-hydrogen) atoms. The highest BCUT2D eigenvalue weighted by molar-refractivity contribution is 6.27. The zero-order valence-corrected chi connectivity index (χ0v) is 18.7. The first-order chi connectivity index (χ1) is 15.5. The molecule has 0 spiro atoms. The van der Waals surface area contributed by atoms with Gasteiger partial charge in [-0.1, -0.05) is 31.9 Å². The van der Waals surface area contributed by atoms with Crippen LogP contribution in [0.5, 0.6) is 11.5 Å². The number of methoxy groups -OCH3 is 1. The number of carboxylic acid groups (broad SMARTS) is 2. The van der Waals surface area contributed by atoms with Crippen molar-refractivity contribution in [3.8, 4) is 11.5 Å². The third kappa shape index (κ3) is 7.85. The first kappa shape index (κ1) is 25.1. The van der Waals surface area contributed by atoms with Gasteiger partial charge in [0.25, 0.3) is 0 Å². The maximum absolute atomic E-state index is 9.10. The van der Waals surface area contributed by atoms with Crippen molar-refractivity contribution in [1.29, 1.82) is 0 Å². The molecule has 0 radical (unpaired) electrons. The molecule has 1 aromatic heterocycles. The molecule has 0 aliphatic carbocycles. The summed E-state index contributed by atoms with van der Waals surface area (Å²) in [7, 11) is 1.71. The van der Waals surface area contributed by atoms with Gasteiger partial charge in [-0.3, -0.25) is 9.88 Å². The number of rotatable bonds is 8. The summed E-state index contributed by atoms with van der Waals surface area (Å²) in [5, 5.41) is 14.8. The Kier molecular flexibility index (Phi) is 10.5. The van der Waals surface area contributed by atoms with E-state index in [-0.39, 0.29) is 0 Å². The fraction of sp³-hybridized carbons (Fsp3) is 0.458. The third-order valence-electron chi connectivity index (χ3n) is 5.27. The van der Waals surface area contributed by atoms with Crippen LogP contribution in [0.25, 0.3) is 0 Å². The van der Waals surface area contributed by atoms with Gasteiger partial charge in [-0.05, 0) is 55.1 Å². The number of aryl methyl sites for hydroxylation is 1. The Hall–Kier alpha value is -3.13. The molecule has 2 N–H and O–H groups in total. The van der Waals surface area contributed by atoms with Crippen LogP contribution in [0.15, 0.2) is 42.7 Å². The number of piperidine rings is 1. The number of carbonyl (C=O) groups is 2. The number of aromatic nitrogens is 1. The zero-order chi connectivity index (χ0) is 23.3. The van der Waals surface area contributed by atoms with Crippen molar-refractivity contribution in [3.05, 3.63) is 53.9 Å². The summed E-state index contributed by atoms with van der Waals surface area (Å²) in [6, 6.07) is 10.9. The van der Waals surface area contributed by atoms with Crippen LogP contribution in [0.3, 0.4) is 0 Å². The lowest BCUT2D eigenvalue weighted by Gasteiger charge is -2.35. The molecule has 1 saturated heterocycles. The van der Waals surface area contributed by atoms with Crippen LogP contribution in [0.4, 0.5) is 0 Å². The molecule has 1 aromatic carbocycles. The van der Waals surface area contributed by atoms with Crippen molar-refractivity contribution >= 4 is 11.9 Å². The van der Waals surface area contributed by atoms with Gasteiger partial charge in [0, 0.05) is 25.0 Å². The third-order valence-corrected chi connectivity index (χ3v) is 5.27. The van der Waals surface area contributed by atoms with Crippen LogP contribution < -0.4 is 9.47 Å². The molecule has 0 bridgehead atoms. The van der Waals surface area contributed by atoms with Crippen molar-refractivity contribution in [1.82, 2.24) is 9.88 Å². The SMILES string of the molecule is CCCc1ccc(OCCN2CCCCC2c2cccnc2)c(OC)c1.O=C(O)C(=O)O. The van der Waals surface area contributed by atoms with Crippen LogP contribution >= 0.6 is 0 Å². The van der Waals surface area contributed by atoms with Gasteiger partial charge in [-0.2, -0.15) is 0 Å². The Labute approximate surface area is 188 Å². The molecule has 1 unspecified atom stereocenters. The van der Waals surface area contributed by atoms with Gasteiger partial charge in [0.05, 0.1) is 7.11 Å². The number of hydrogen-bond acceptors (Lipinski definition) is 6. The van der Waals surface area contributed by atoms with E-state index in [4.69, 9.17) is 29.3 Å². The lowest BCUT2D eigenvalue weighted by atomic mass is 9.96. The smallest absolute Gasteiger partial charge is 0.414 e. The molecular weight excluding hydrogens is 412 g/mol. The first-order valence-electron chi connectivity index (χ1n) is 10.9. The van der Waals surface area contributed by atoms with Crippen molar-refractivity contribution < 1.29 is 29.3 Å². The van der Waals surface area contributed by atoms with E-state index in [0.29, 0.717) is 12.6 Å². The standard InChI is InChI=1S/C22H30N2O2.C2H2O4/c1-3-7-18-10-11-21(22(16-18)25-2)26-15-14-24-13-5-4-9-20(24)19-8-6-12-23-17-19;3-1(4)2(5)6/h6,8,10-12,16-17,20H,3-5,7,9,13-15H2,1-2H3;(H,3,4)(H,5,6). The van der Waals surface area contributed by atoms with Crippen LogP contribution in [-0.2, 0) is 16.0 Å². The normalized spacial score (nSPS) is 15.9. The van der Waals surface area contributed by atoms with E-state index in [0.717, 1.165) is 37.4 Å². The van der Waals surface area contributed by atoms with E-state index in [9.17, 15) is 0 Å². The molecule has 174 valence electrons. The van der Waals surface area contributed by atoms with E-state index in [1.54, 1.807) is 7.11 Å². The van der Waals surface area contributed by atoms with Crippen molar-refractivity contribution in [2.24, 2.45) is 0 Å². The number of carboxylic acids is 2. The highest BCUT2D eigenvalue weighted by Crippen LogP contribution is 2.31. The first-order valence-corrected chi connectivity index (χ1v) is 10.9. The molecule has 3 rings (SSSR count). The topological polar surface area (TPSA) is 109 Å². The van der Waals surface area contributed by atoms with Crippen molar-refractivity contribution in [3.63, 3.8) is 0 Å². The van der Waals surface area contributed by atoms with E-state index in [1.165, 1.54) is 30.4 Å². The summed E-state index contributed by atoms with van der Waals surface area (Å²) in [5.41, 5.74) is 2.61. The van der Waals surface area contributed by atoms with Gasteiger partial charge in [-0.25, -0.2) is 9.59 Å². The Bertz CT molecular complexity index is 847. The summed E-state index contributed by atoms with van der Waals surface area (Å²) in [4.78, 5) is 25.0. The van der Waals surface area contributed by atoms with Crippen molar-refractivity contribution in [2.45, 2.75) is 45.1 Å². The van der Waals surface area contributed by atoms with Gasteiger partial charge in [0.1, 0.15) is 6.61 Å². The predicted octanol–water partition coefficient (Wildman–Crippen LogP) is 3.80. The average molecular weight is 445 g/mol. The molecule has 8 nitrogen and oxygen atoms in total. The Morgan fingerprint density at radius 3 is 2.56 bits per heavy atom. The molecule has 0 saturated carbocycles. The van der Waals surface area contributed by atoms with Crippen LogP contribution in [-0.4, -0.2) is 58.8 Å². The summed E-state index contributed by atoms with van der Waals surface area (Å²) in [6.45, 7) is 4.89. The van der Waals surface area contributed by atoms with Gasteiger partial charge < -0.3 is 19.7 Å². The van der Waals surface area contributed by atoms with E-state index in [2.05, 4.69) is 35.0 Å². The quantitative estimate of drug-likeness (QED) is 0.592. The van der Waals surface area contributed by atoms with Crippen LogP contribution in [0.2, 0.25) is 0 Å².